The summed E-state index contributed by atoms with van der Waals surface area (Å²) in [6.45, 7) is 1.13. The van der Waals surface area contributed by atoms with Crippen LogP contribution >= 0.6 is 12.4 Å². The fraction of sp³-hybridized carbons (Fsp3) is 0.500. The average molecular weight is 264 g/mol. The molecule has 8 nitrogen and oxygen atoms in total. The molecule has 96 valence electrons. The Morgan fingerprint density at radius 3 is 2.88 bits per heavy atom. The number of carbonyl (C=O) groups is 1. The third-order valence-corrected chi connectivity index (χ3v) is 1.86. The van der Waals surface area contributed by atoms with Gasteiger partial charge in [-0.05, 0) is 0 Å². The molecular weight excluding hydrogens is 250 g/mol. The zero-order valence-electron chi connectivity index (χ0n) is 9.04. The van der Waals surface area contributed by atoms with E-state index in [0.29, 0.717) is 19.6 Å². The molecule has 0 spiro atoms. The molecular formula is C8H14ClN5O3. The summed E-state index contributed by atoms with van der Waals surface area (Å²) in [5.74, 6) is -0.149. The number of hydrogen-bond donors (Lipinski definition) is 2. The summed E-state index contributed by atoms with van der Waals surface area (Å²) in [5.41, 5.74) is 5.13. The van der Waals surface area contributed by atoms with E-state index in [2.05, 4.69) is 10.4 Å². The van der Waals surface area contributed by atoms with Crippen LogP contribution in [-0.2, 0) is 11.3 Å². The number of nitrogens with zero attached hydrogens (tertiary/aromatic N) is 3. The third-order valence-electron chi connectivity index (χ3n) is 1.86. The molecule has 1 heterocycles. The minimum atomic E-state index is -0.530. The summed E-state index contributed by atoms with van der Waals surface area (Å²) in [4.78, 5) is 21.0. The largest absolute Gasteiger partial charge is 0.355 e. The number of aryl methyl sites for hydroxylation is 1. The van der Waals surface area contributed by atoms with Crippen molar-refractivity contribution in [2.24, 2.45) is 5.73 Å². The Balaban J connectivity index is 0.00000256. The normalized spacial score (nSPS) is 9.47. The van der Waals surface area contributed by atoms with Crippen molar-refractivity contribution in [1.29, 1.82) is 0 Å². The lowest BCUT2D eigenvalue weighted by Gasteiger charge is -2.02. The van der Waals surface area contributed by atoms with Crippen molar-refractivity contribution in [2.45, 2.75) is 13.0 Å². The maximum Gasteiger partial charge on any atom is 0.306 e. The van der Waals surface area contributed by atoms with E-state index in [1.54, 1.807) is 0 Å². The van der Waals surface area contributed by atoms with Gasteiger partial charge in [-0.3, -0.25) is 19.6 Å². The van der Waals surface area contributed by atoms with Crippen LogP contribution in [0.5, 0.6) is 0 Å². The topological polar surface area (TPSA) is 116 Å². The summed E-state index contributed by atoms with van der Waals surface area (Å²) in [5, 5.41) is 16.7. The van der Waals surface area contributed by atoms with Gasteiger partial charge in [-0.25, -0.2) is 0 Å². The van der Waals surface area contributed by atoms with E-state index in [0.717, 1.165) is 6.20 Å². The summed E-state index contributed by atoms with van der Waals surface area (Å²) in [6, 6.07) is 0. The quantitative estimate of drug-likeness (QED) is 0.539. The molecule has 0 atom stereocenters. The van der Waals surface area contributed by atoms with Gasteiger partial charge in [0.05, 0.1) is 4.92 Å². The highest BCUT2D eigenvalue weighted by atomic mass is 35.5. The van der Waals surface area contributed by atoms with E-state index in [4.69, 9.17) is 5.73 Å². The van der Waals surface area contributed by atoms with Gasteiger partial charge in [0, 0.05) is 26.1 Å². The van der Waals surface area contributed by atoms with Crippen molar-refractivity contribution in [2.75, 3.05) is 13.1 Å². The number of halogens is 1. The lowest BCUT2D eigenvalue weighted by Crippen LogP contribution is -2.29. The number of nitrogens with two attached hydrogens (primary N) is 1. The van der Waals surface area contributed by atoms with Crippen molar-refractivity contribution in [3.8, 4) is 0 Å². The van der Waals surface area contributed by atoms with Gasteiger partial charge >= 0.3 is 5.69 Å². The summed E-state index contributed by atoms with van der Waals surface area (Å²) < 4.78 is 1.36. The number of carbonyl (C=O) groups excluding carboxylic acids is 1. The molecule has 3 N–H and O–H groups in total. The minimum Gasteiger partial charge on any atom is -0.355 e. The fourth-order valence-electron chi connectivity index (χ4n) is 1.09. The van der Waals surface area contributed by atoms with Gasteiger partial charge in [-0.1, -0.05) is 0 Å². The van der Waals surface area contributed by atoms with E-state index < -0.39 is 4.92 Å². The predicted octanol–water partition coefficient (Wildman–Crippen LogP) is -0.322. The van der Waals surface area contributed by atoms with Crippen LogP contribution in [0.3, 0.4) is 0 Å². The van der Waals surface area contributed by atoms with Gasteiger partial charge in [0.1, 0.15) is 12.4 Å². The van der Waals surface area contributed by atoms with Crippen LogP contribution < -0.4 is 11.1 Å². The predicted molar refractivity (Wildman–Crippen MR) is 62.8 cm³/mol. The third kappa shape index (κ3) is 5.27. The second-order valence-electron chi connectivity index (χ2n) is 3.11. The van der Waals surface area contributed by atoms with Gasteiger partial charge in [0.15, 0.2) is 0 Å². The van der Waals surface area contributed by atoms with Crippen molar-refractivity contribution in [1.82, 2.24) is 15.1 Å². The Kier molecular flexibility index (Phi) is 6.83. The molecule has 17 heavy (non-hydrogen) atoms. The van der Waals surface area contributed by atoms with E-state index in [1.807, 2.05) is 0 Å². The van der Waals surface area contributed by atoms with Crippen LogP contribution in [0.15, 0.2) is 12.4 Å². The molecule has 0 saturated heterocycles. The fourth-order valence-corrected chi connectivity index (χ4v) is 1.09. The molecule has 0 radical (unpaired) electrons. The van der Waals surface area contributed by atoms with Crippen molar-refractivity contribution in [3.63, 3.8) is 0 Å². The highest BCUT2D eigenvalue weighted by molar-refractivity contribution is 5.85. The van der Waals surface area contributed by atoms with E-state index in [-0.39, 0.29) is 30.4 Å². The zero-order valence-corrected chi connectivity index (χ0v) is 9.85. The zero-order chi connectivity index (χ0) is 12.0. The minimum absolute atomic E-state index is 0. The van der Waals surface area contributed by atoms with E-state index in [9.17, 15) is 14.9 Å². The molecule has 0 aliphatic carbocycles. The van der Waals surface area contributed by atoms with Crippen LogP contribution in [0, 0.1) is 10.1 Å². The summed E-state index contributed by atoms with van der Waals surface area (Å²) in [6.07, 6.45) is 2.66. The molecule has 1 aromatic heterocycles. The monoisotopic (exact) mass is 263 g/mol. The first-order valence-electron chi connectivity index (χ1n) is 4.77. The Bertz CT molecular complexity index is 381. The van der Waals surface area contributed by atoms with Gasteiger partial charge in [0.25, 0.3) is 0 Å². The Labute approximate surface area is 104 Å². The molecule has 0 aliphatic heterocycles. The number of amides is 1. The molecule has 0 fully saturated rings. The number of rotatable bonds is 6. The van der Waals surface area contributed by atoms with Crippen LogP contribution in [0.1, 0.15) is 6.42 Å². The first-order valence-corrected chi connectivity index (χ1v) is 4.77. The number of hydrogen-bond acceptors (Lipinski definition) is 5. The SMILES string of the molecule is Cl.NCCNC(=O)CCn1cc([N+](=O)[O-])cn1. The van der Waals surface area contributed by atoms with E-state index >= 15 is 0 Å². The molecule has 0 aromatic carbocycles. The molecule has 9 heteroatoms. The summed E-state index contributed by atoms with van der Waals surface area (Å²) >= 11 is 0. The first-order chi connectivity index (χ1) is 7.63. The molecule has 0 aliphatic rings. The highest BCUT2D eigenvalue weighted by Crippen LogP contribution is 2.07. The van der Waals surface area contributed by atoms with Crippen LogP contribution in [0.2, 0.25) is 0 Å². The first kappa shape index (κ1) is 15.3. The Hall–Kier alpha value is -1.67. The lowest BCUT2D eigenvalue weighted by atomic mass is 10.4. The molecule has 1 aromatic rings. The van der Waals surface area contributed by atoms with Crippen molar-refractivity contribution in [3.05, 3.63) is 22.5 Å². The number of aromatic nitrogens is 2. The molecule has 0 bridgehead atoms. The molecule has 1 amide bonds. The van der Waals surface area contributed by atoms with Gasteiger partial charge < -0.3 is 11.1 Å². The maximum atomic E-state index is 11.2. The number of nitro groups is 1. The van der Waals surface area contributed by atoms with Crippen LogP contribution in [0.25, 0.3) is 0 Å². The average Bonchev–Trinajstić information content (AvgIpc) is 2.72. The number of nitrogens with one attached hydrogen (secondary N) is 1. The van der Waals surface area contributed by atoms with Crippen LogP contribution in [0.4, 0.5) is 5.69 Å². The Morgan fingerprint density at radius 2 is 2.35 bits per heavy atom. The molecule has 0 saturated carbocycles. The van der Waals surface area contributed by atoms with Crippen LogP contribution in [-0.4, -0.2) is 33.7 Å². The highest BCUT2D eigenvalue weighted by Gasteiger charge is 2.09. The summed E-state index contributed by atoms with van der Waals surface area (Å²) in [7, 11) is 0. The van der Waals surface area contributed by atoms with Gasteiger partial charge in [0.2, 0.25) is 5.91 Å². The standard InChI is InChI=1S/C8H13N5O3.ClH/c9-2-3-10-8(14)1-4-12-6-7(5-11-12)13(15)16;/h5-6H,1-4,9H2,(H,10,14);1H. The lowest BCUT2D eigenvalue weighted by molar-refractivity contribution is -0.385. The second-order valence-corrected chi connectivity index (χ2v) is 3.11. The molecule has 1 rings (SSSR count). The smallest absolute Gasteiger partial charge is 0.306 e. The van der Waals surface area contributed by atoms with Crippen molar-refractivity contribution < 1.29 is 9.72 Å². The van der Waals surface area contributed by atoms with Crippen molar-refractivity contribution >= 4 is 24.0 Å². The van der Waals surface area contributed by atoms with E-state index in [1.165, 1.54) is 10.9 Å². The molecule has 0 unspecified atom stereocenters. The second kappa shape index (κ2) is 7.58. The maximum absolute atomic E-state index is 11.2. The van der Waals surface area contributed by atoms with Gasteiger partial charge in [-0.15, -0.1) is 12.4 Å². The Morgan fingerprint density at radius 1 is 1.65 bits per heavy atom. The van der Waals surface area contributed by atoms with Gasteiger partial charge in [-0.2, -0.15) is 5.10 Å².